The van der Waals surface area contributed by atoms with E-state index in [1.807, 2.05) is 12.1 Å². The zero-order valence-electron chi connectivity index (χ0n) is 9.40. The van der Waals surface area contributed by atoms with Gasteiger partial charge in [0.1, 0.15) is 0 Å². The molecular weight excluding hydrogens is 282 g/mol. The summed E-state index contributed by atoms with van der Waals surface area (Å²) in [6.45, 7) is 1.13. The Hall–Kier alpha value is -1.03. The molecule has 1 aliphatic heterocycles. The summed E-state index contributed by atoms with van der Waals surface area (Å²) >= 11 is 3.34. The third-order valence-electron chi connectivity index (χ3n) is 3.92. The van der Waals surface area contributed by atoms with Crippen molar-refractivity contribution in [3.05, 3.63) is 28.2 Å². The number of carboxylic acid groups (broad SMARTS) is 1. The van der Waals surface area contributed by atoms with Crippen molar-refractivity contribution < 1.29 is 9.90 Å². The molecule has 2 unspecified atom stereocenters. The maximum Gasteiger partial charge on any atom is 0.336 e. The van der Waals surface area contributed by atoms with Crippen molar-refractivity contribution in [1.82, 2.24) is 0 Å². The van der Waals surface area contributed by atoms with E-state index in [-0.39, 0.29) is 0 Å². The van der Waals surface area contributed by atoms with E-state index in [0.717, 1.165) is 18.2 Å². The minimum atomic E-state index is -0.883. The zero-order chi connectivity index (χ0) is 12.0. The van der Waals surface area contributed by atoms with Crippen LogP contribution in [0.2, 0.25) is 0 Å². The SMILES string of the molecule is O=C(O)c1ccc(N2CC3CCC2C3)cc1Br. The summed E-state index contributed by atoms with van der Waals surface area (Å²) in [4.78, 5) is 13.4. The van der Waals surface area contributed by atoms with E-state index >= 15 is 0 Å². The number of carboxylic acids is 1. The second-order valence-corrected chi connectivity index (χ2v) is 5.81. The van der Waals surface area contributed by atoms with Gasteiger partial charge >= 0.3 is 5.97 Å². The number of halogens is 1. The van der Waals surface area contributed by atoms with Crippen molar-refractivity contribution in [3.63, 3.8) is 0 Å². The lowest BCUT2D eigenvalue weighted by Gasteiger charge is -2.29. The molecule has 17 heavy (non-hydrogen) atoms. The lowest BCUT2D eigenvalue weighted by atomic mass is 10.1. The van der Waals surface area contributed by atoms with E-state index in [1.54, 1.807) is 6.07 Å². The second-order valence-electron chi connectivity index (χ2n) is 4.95. The van der Waals surface area contributed by atoms with Crippen LogP contribution in [-0.2, 0) is 0 Å². The lowest BCUT2D eigenvalue weighted by molar-refractivity contribution is 0.0696. The second kappa shape index (κ2) is 4.02. The summed E-state index contributed by atoms with van der Waals surface area (Å²) in [7, 11) is 0. The Labute approximate surface area is 109 Å². The van der Waals surface area contributed by atoms with Gasteiger partial charge in [-0.25, -0.2) is 4.79 Å². The Morgan fingerprint density at radius 2 is 2.24 bits per heavy atom. The third-order valence-corrected chi connectivity index (χ3v) is 4.58. The van der Waals surface area contributed by atoms with Crippen LogP contribution in [0.15, 0.2) is 22.7 Å². The van der Waals surface area contributed by atoms with Crippen LogP contribution in [0.3, 0.4) is 0 Å². The van der Waals surface area contributed by atoms with E-state index in [9.17, 15) is 4.79 Å². The molecule has 0 spiro atoms. The Kier molecular flexibility index (Phi) is 2.62. The van der Waals surface area contributed by atoms with Gasteiger partial charge in [0, 0.05) is 22.7 Å². The fourth-order valence-electron chi connectivity index (χ4n) is 3.10. The number of piperidine rings is 1. The average Bonchev–Trinajstić information content (AvgIpc) is 2.89. The molecule has 0 radical (unpaired) electrons. The first-order valence-electron chi connectivity index (χ1n) is 5.94. The molecule has 1 aromatic rings. The number of aromatic carboxylic acids is 1. The van der Waals surface area contributed by atoms with E-state index < -0.39 is 5.97 Å². The van der Waals surface area contributed by atoms with Crippen LogP contribution < -0.4 is 4.90 Å². The van der Waals surface area contributed by atoms with Gasteiger partial charge in [-0.3, -0.25) is 0 Å². The fraction of sp³-hybridized carbons (Fsp3) is 0.462. The number of carbonyl (C=O) groups is 1. The highest BCUT2D eigenvalue weighted by molar-refractivity contribution is 9.10. The Balaban J connectivity index is 1.89. The van der Waals surface area contributed by atoms with Gasteiger partial charge in [0.25, 0.3) is 0 Å². The molecule has 1 aromatic carbocycles. The minimum absolute atomic E-state index is 0.332. The smallest absolute Gasteiger partial charge is 0.336 e. The molecule has 1 heterocycles. The molecule has 3 rings (SSSR count). The van der Waals surface area contributed by atoms with Crippen LogP contribution in [-0.4, -0.2) is 23.7 Å². The molecule has 2 bridgehead atoms. The van der Waals surface area contributed by atoms with Crippen LogP contribution in [0.25, 0.3) is 0 Å². The summed E-state index contributed by atoms with van der Waals surface area (Å²) in [5, 5.41) is 8.98. The summed E-state index contributed by atoms with van der Waals surface area (Å²) < 4.78 is 0.672. The van der Waals surface area contributed by atoms with Crippen molar-refractivity contribution in [2.75, 3.05) is 11.4 Å². The Morgan fingerprint density at radius 1 is 1.41 bits per heavy atom. The molecule has 0 aromatic heterocycles. The third kappa shape index (κ3) is 1.84. The molecular formula is C13H14BrNO2. The normalized spacial score (nSPS) is 26.5. The predicted octanol–water partition coefficient (Wildman–Crippen LogP) is 3.14. The summed E-state index contributed by atoms with van der Waals surface area (Å²) in [6, 6.07) is 6.22. The van der Waals surface area contributed by atoms with Crippen molar-refractivity contribution in [2.45, 2.75) is 25.3 Å². The van der Waals surface area contributed by atoms with Crippen LogP contribution in [0, 0.1) is 5.92 Å². The lowest BCUT2D eigenvalue weighted by Crippen LogP contribution is -2.31. The number of hydrogen-bond acceptors (Lipinski definition) is 2. The van der Waals surface area contributed by atoms with Gasteiger partial charge in [0.15, 0.2) is 0 Å². The van der Waals surface area contributed by atoms with Gasteiger partial charge < -0.3 is 10.0 Å². The van der Waals surface area contributed by atoms with Gasteiger partial charge in [-0.2, -0.15) is 0 Å². The standard InChI is InChI=1S/C13H14BrNO2/c14-12-6-10(3-4-11(12)13(16)17)15-7-8-1-2-9(15)5-8/h3-4,6,8-9H,1-2,5,7H2,(H,16,17). The van der Waals surface area contributed by atoms with Gasteiger partial charge in [0.05, 0.1) is 5.56 Å². The molecule has 1 N–H and O–H groups in total. The van der Waals surface area contributed by atoms with Crippen LogP contribution in [0.4, 0.5) is 5.69 Å². The number of rotatable bonds is 2. The quantitative estimate of drug-likeness (QED) is 0.911. The van der Waals surface area contributed by atoms with Gasteiger partial charge in [-0.05, 0) is 59.3 Å². The molecule has 3 nitrogen and oxygen atoms in total. The van der Waals surface area contributed by atoms with Crippen molar-refractivity contribution >= 4 is 27.6 Å². The van der Waals surface area contributed by atoms with Crippen molar-refractivity contribution in [3.8, 4) is 0 Å². The molecule has 0 amide bonds. The number of nitrogens with zero attached hydrogens (tertiary/aromatic N) is 1. The zero-order valence-corrected chi connectivity index (χ0v) is 11.0. The Bertz CT molecular complexity index is 474. The number of fused-ring (bicyclic) bond motifs is 2. The average molecular weight is 296 g/mol. The highest BCUT2D eigenvalue weighted by Gasteiger charge is 2.37. The minimum Gasteiger partial charge on any atom is -0.478 e. The van der Waals surface area contributed by atoms with Gasteiger partial charge in [-0.15, -0.1) is 0 Å². The van der Waals surface area contributed by atoms with E-state index in [1.165, 1.54) is 19.3 Å². The first-order valence-corrected chi connectivity index (χ1v) is 6.74. The monoisotopic (exact) mass is 295 g/mol. The topological polar surface area (TPSA) is 40.5 Å². The largest absolute Gasteiger partial charge is 0.478 e. The molecule has 1 saturated carbocycles. The first-order chi connectivity index (χ1) is 8.15. The molecule has 2 aliphatic rings. The van der Waals surface area contributed by atoms with Crippen LogP contribution in [0.5, 0.6) is 0 Å². The van der Waals surface area contributed by atoms with E-state index in [4.69, 9.17) is 5.11 Å². The van der Waals surface area contributed by atoms with Crippen molar-refractivity contribution in [1.29, 1.82) is 0 Å². The molecule has 2 fully saturated rings. The van der Waals surface area contributed by atoms with Crippen LogP contribution in [0.1, 0.15) is 29.6 Å². The summed E-state index contributed by atoms with van der Waals surface area (Å²) in [5.74, 6) is -0.0377. The van der Waals surface area contributed by atoms with Crippen molar-refractivity contribution in [2.24, 2.45) is 5.92 Å². The van der Waals surface area contributed by atoms with E-state index in [2.05, 4.69) is 20.8 Å². The maximum atomic E-state index is 10.9. The highest BCUT2D eigenvalue weighted by atomic mass is 79.9. The molecule has 2 atom stereocenters. The molecule has 1 aliphatic carbocycles. The predicted molar refractivity (Wildman–Crippen MR) is 69.6 cm³/mol. The summed E-state index contributed by atoms with van der Waals surface area (Å²) in [6.07, 6.45) is 3.94. The molecule has 90 valence electrons. The highest BCUT2D eigenvalue weighted by Crippen LogP contribution is 2.40. The molecule has 1 saturated heterocycles. The van der Waals surface area contributed by atoms with E-state index in [0.29, 0.717) is 16.1 Å². The fourth-order valence-corrected chi connectivity index (χ4v) is 3.63. The maximum absolute atomic E-state index is 10.9. The molecule has 4 heteroatoms. The van der Waals surface area contributed by atoms with Crippen LogP contribution >= 0.6 is 15.9 Å². The number of hydrogen-bond donors (Lipinski definition) is 1. The first kappa shape index (κ1) is 11.1. The Morgan fingerprint density at radius 3 is 2.76 bits per heavy atom. The number of benzene rings is 1. The van der Waals surface area contributed by atoms with Gasteiger partial charge in [-0.1, -0.05) is 0 Å². The summed E-state index contributed by atoms with van der Waals surface area (Å²) in [5.41, 5.74) is 1.48. The number of anilines is 1. The van der Waals surface area contributed by atoms with Gasteiger partial charge in [0.2, 0.25) is 0 Å².